The molecule has 0 fully saturated rings. The summed E-state index contributed by atoms with van der Waals surface area (Å²) in [5, 5.41) is 14.6. The second-order valence-corrected chi connectivity index (χ2v) is 12.4. The van der Waals surface area contributed by atoms with Gasteiger partial charge in [-0.3, -0.25) is 0 Å². The van der Waals surface area contributed by atoms with Crippen molar-refractivity contribution in [3.63, 3.8) is 0 Å². The number of benzene rings is 7. The van der Waals surface area contributed by atoms with Crippen molar-refractivity contribution in [1.29, 1.82) is 5.26 Å². The molecule has 0 saturated heterocycles. The molecule has 1 unspecified atom stereocenters. The molecule has 0 bridgehead atoms. The lowest BCUT2D eigenvalue weighted by Gasteiger charge is -2.19. The first kappa shape index (κ1) is 26.5. The van der Waals surface area contributed by atoms with Crippen LogP contribution in [0.25, 0.3) is 60.5 Å². The van der Waals surface area contributed by atoms with Gasteiger partial charge < -0.3 is 4.57 Å². The average Bonchev–Trinajstić information content (AvgIpc) is 3.36. The zero-order chi connectivity index (χ0) is 30.6. The number of nitriles is 1. The number of aryl methyl sites for hydroxylation is 1. The van der Waals surface area contributed by atoms with Crippen LogP contribution in [-0.2, 0) is 6.42 Å². The van der Waals surface area contributed by atoms with Gasteiger partial charge in [0.1, 0.15) is 0 Å². The van der Waals surface area contributed by atoms with Crippen LogP contribution in [0.5, 0.6) is 0 Å². The third-order valence-electron chi connectivity index (χ3n) is 9.85. The summed E-state index contributed by atoms with van der Waals surface area (Å²) >= 11 is 0. The normalized spacial score (nSPS) is 14.1. The minimum absolute atomic E-state index is 0.346. The largest absolute Gasteiger partial charge is 0.309 e. The molecule has 1 aliphatic carbocycles. The van der Waals surface area contributed by atoms with E-state index in [2.05, 4.69) is 144 Å². The summed E-state index contributed by atoms with van der Waals surface area (Å²) in [7, 11) is 0. The maximum absolute atomic E-state index is 9.56. The Kier molecular flexibility index (Phi) is 6.11. The quantitative estimate of drug-likeness (QED) is 0.202. The monoisotopic (exact) mass is 586 g/mol. The summed E-state index contributed by atoms with van der Waals surface area (Å²) in [6, 6.07) is 57.3. The highest BCUT2D eigenvalue weighted by Crippen LogP contribution is 2.43. The van der Waals surface area contributed by atoms with Gasteiger partial charge in [-0.2, -0.15) is 5.26 Å². The predicted octanol–water partition coefficient (Wildman–Crippen LogP) is 11.2. The van der Waals surface area contributed by atoms with Crippen LogP contribution in [0.4, 0.5) is 0 Å². The first-order valence-corrected chi connectivity index (χ1v) is 16.0. The van der Waals surface area contributed by atoms with Gasteiger partial charge in [-0.1, -0.05) is 109 Å². The van der Waals surface area contributed by atoms with Crippen LogP contribution in [0.2, 0.25) is 0 Å². The highest BCUT2D eigenvalue weighted by molar-refractivity contribution is 6.10. The van der Waals surface area contributed by atoms with Gasteiger partial charge in [-0.15, -0.1) is 0 Å². The summed E-state index contributed by atoms with van der Waals surface area (Å²) in [4.78, 5) is 0. The standard InChI is InChI=1S/C44H30N2/c45-28-29-8-7-11-36(24-29)46-43-15-6-5-14-40(43)42-27-34(21-23-44(42)46)33-18-17-31-20-22-37(38-12-3-4-13-39(38)41(31)26-33)35-19-16-30-9-1-2-10-32(30)25-35/h1-19,21,23-27,37H,20,22H2. The van der Waals surface area contributed by atoms with E-state index in [1.54, 1.807) is 0 Å². The van der Waals surface area contributed by atoms with Gasteiger partial charge in [-0.05, 0) is 105 Å². The Bertz CT molecular complexity index is 2510. The van der Waals surface area contributed by atoms with Crippen molar-refractivity contribution in [3.05, 3.63) is 174 Å². The molecule has 0 radical (unpaired) electrons. The highest BCUT2D eigenvalue weighted by Gasteiger charge is 2.24. The van der Waals surface area contributed by atoms with Crippen molar-refractivity contribution in [2.24, 2.45) is 0 Å². The lowest BCUT2D eigenvalue weighted by molar-refractivity contribution is 0.727. The molecule has 1 aliphatic rings. The third kappa shape index (κ3) is 4.25. The number of aromatic nitrogens is 1. The number of nitrogens with zero attached hydrogens (tertiary/aromatic N) is 2. The zero-order valence-electron chi connectivity index (χ0n) is 25.3. The van der Waals surface area contributed by atoms with Gasteiger partial charge in [0.15, 0.2) is 0 Å². The van der Waals surface area contributed by atoms with Gasteiger partial charge in [0.2, 0.25) is 0 Å². The molecule has 0 saturated carbocycles. The molecule has 7 aromatic carbocycles. The minimum atomic E-state index is 0.346. The molecular weight excluding hydrogens is 556 g/mol. The van der Waals surface area contributed by atoms with Crippen LogP contribution >= 0.6 is 0 Å². The van der Waals surface area contributed by atoms with Crippen molar-refractivity contribution in [3.8, 4) is 34.0 Å². The van der Waals surface area contributed by atoms with Gasteiger partial charge in [-0.25, -0.2) is 0 Å². The van der Waals surface area contributed by atoms with Gasteiger partial charge in [0, 0.05) is 22.4 Å². The molecule has 1 atom stereocenters. The molecule has 0 aliphatic heterocycles. The SMILES string of the molecule is N#Cc1cccc(-n2c3ccccc3c3cc(-c4ccc5c(c4)-c4ccccc4C(c4ccc6ccccc6c4)CC5)ccc32)c1. The van der Waals surface area contributed by atoms with E-state index < -0.39 is 0 Å². The lowest BCUT2D eigenvalue weighted by atomic mass is 9.85. The first-order chi connectivity index (χ1) is 22.7. The molecule has 2 heteroatoms. The third-order valence-corrected chi connectivity index (χ3v) is 9.85. The maximum Gasteiger partial charge on any atom is 0.0992 e. The Morgan fingerprint density at radius 2 is 1.35 bits per heavy atom. The molecule has 46 heavy (non-hydrogen) atoms. The summed E-state index contributed by atoms with van der Waals surface area (Å²) in [5.74, 6) is 0.346. The van der Waals surface area contributed by atoms with Gasteiger partial charge in [0.25, 0.3) is 0 Å². The van der Waals surface area contributed by atoms with Crippen molar-refractivity contribution in [2.45, 2.75) is 18.8 Å². The van der Waals surface area contributed by atoms with E-state index in [0.717, 1.165) is 29.6 Å². The second kappa shape index (κ2) is 10.6. The predicted molar refractivity (Wildman–Crippen MR) is 190 cm³/mol. The molecule has 1 aromatic heterocycles. The fourth-order valence-corrected chi connectivity index (χ4v) is 7.64. The van der Waals surface area contributed by atoms with E-state index >= 15 is 0 Å². The second-order valence-electron chi connectivity index (χ2n) is 12.4. The van der Waals surface area contributed by atoms with E-state index in [9.17, 15) is 5.26 Å². The average molecular weight is 587 g/mol. The zero-order valence-corrected chi connectivity index (χ0v) is 25.3. The van der Waals surface area contributed by atoms with Crippen LogP contribution in [0, 0.1) is 11.3 Å². The van der Waals surface area contributed by atoms with Crippen LogP contribution in [0.15, 0.2) is 152 Å². The van der Waals surface area contributed by atoms with Crippen molar-refractivity contribution < 1.29 is 0 Å². The van der Waals surface area contributed by atoms with Crippen molar-refractivity contribution >= 4 is 32.6 Å². The number of hydrogen-bond donors (Lipinski definition) is 0. The summed E-state index contributed by atoms with van der Waals surface area (Å²) in [5.41, 5.74) is 13.3. The van der Waals surface area contributed by atoms with Crippen molar-refractivity contribution in [2.75, 3.05) is 0 Å². The van der Waals surface area contributed by atoms with Crippen LogP contribution < -0.4 is 0 Å². The summed E-state index contributed by atoms with van der Waals surface area (Å²) in [6.45, 7) is 0. The van der Waals surface area contributed by atoms with E-state index in [-0.39, 0.29) is 0 Å². The highest BCUT2D eigenvalue weighted by atomic mass is 15.0. The van der Waals surface area contributed by atoms with Crippen molar-refractivity contribution in [1.82, 2.24) is 4.57 Å². The molecule has 0 spiro atoms. The van der Waals surface area contributed by atoms with Gasteiger partial charge >= 0.3 is 0 Å². The first-order valence-electron chi connectivity index (χ1n) is 16.0. The Morgan fingerprint density at radius 1 is 0.565 bits per heavy atom. The molecule has 1 heterocycles. The van der Waals surface area contributed by atoms with E-state index in [0.29, 0.717) is 11.5 Å². The van der Waals surface area contributed by atoms with Gasteiger partial charge in [0.05, 0.1) is 22.7 Å². The summed E-state index contributed by atoms with van der Waals surface area (Å²) < 4.78 is 2.27. The lowest BCUT2D eigenvalue weighted by Crippen LogP contribution is -2.02. The molecule has 0 N–H and O–H groups in total. The fourth-order valence-electron chi connectivity index (χ4n) is 7.64. The maximum atomic E-state index is 9.56. The summed E-state index contributed by atoms with van der Waals surface area (Å²) in [6.07, 6.45) is 2.12. The van der Waals surface area contributed by atoms with E-state index in [1.165, 1.54) is 60.5 Å². The Labute approximate surface area is 268 Å². The van der Waals surface area contributed by atoms with Crippen LogP contribution in [-0.4, -0.2) is 4.57 Å². The Balaban J connectivity index is 1.17. The molecule has 9 rings (SSSR count). The molecular formula is C44H30N2. The Hall–Kier alpha value is -5.91. The molecule has 0 amide bonds. The minimum Gasteiger partial charge on any atom is -0.309 e. The molecule has 2 nitrogen and oxygen atoms in total. The molecule has 8 aromatic rings. The Morgan fingerprint density at radius 3 is 2.28 bits per heavy atom. The van der Waals surface area contributed by atoms with Crippen LogP contribution in [0.1, 0.15) is 34.6 Å². The topological polar surface area (TPSA) is 28.7 Å². The van der Waals surface area contributed by atoms with E-state index in [4.69, 9.17) is 0 Å². The number of rotatable bonds is 3. The van der Waals surface area contributed by atoms with Crippen LogP contribution in [0.3, 0.4) is 0 Å². The fraction of sp³-hybridized carbons (Fsp3) is 0.0682. The number of fused-ring (bicyclic) bond motifs is 7. The number of hydrogen-bond acceptors (Lipinski definition) is 1. The van der Waals surface area contributed by atoms with E-state index in [1.807, 2.05) is 18.2 Å². The molecule has 216 valence electrons. The smallest absolute Gasteiger partial charge is 0.0992 e. The number of para-hydroxylation sites is 1.